The number of esters is 1. The minimum absolute atomic E-state index is 0.0681. The Morgan fingerprint density at radius 3 is 2.21 bits per heavy atom. The zero-order chi connectivity index (χ0) is 16.8. The van der Waals surface area contributed by atoms with Crippen LogP contribution in [0.3, 0.4) is 0 Å². The van der Waals surface area contributed by atoms with Crippen molar-refractivity contribution in [1.82, 2.24) is 0 Å². The minimum atomic E-state index is -0.498. The van der Waals surface area contributed by atoms with Gasteiger partial charge in [-0.1, -0.05) is 66.7 Å². The highest BCUT2D eigenvalue weighted by Gasteiger charge is 2.13. The average molecular weight is 316 g/mol. The molecule has 0 saturated carbocycles. The van der Waals surface area contributed by atoms with E-state index >= 15 is 0 Å². The SMILES string of the molecule is O=C(/C=C/c1ccccc1)Oc1cccc(O)c1-c1ccccc1. The number of carbonyl (C=O) groups excluding carboxylic acids is 1. The topological polar surface area (TPSA) is 46.5 Å². The second kappa shape index (κ2) is 7.29. The molecule has 0 aliphatic carbocycles. The zero-order valence-corrected chi connectivity index (χ0v) is 12.9. The molecule has 0 aliphatic heterocycles. The van der Waals surface area contributed by atoms with Crippen molar-refractivity contribution in [3.63, 3.8) is 0 Å². The Morgan fingerprint density at radius 2 is 1.50 bits per heavy atom. The van der Waals surface area contributed by atoms with E-state index in [9.17, 15) is 9.90 Å². The van der Waals surface area contributed by atoms with E-state index < -0.39 is 5.97 Å². The first-order valence-electron chi connectivity index (χ1n) is 7.56. The van der Waals surface area contributed by atoms with Crippen molar-refractivity contribution in [2.24, 2.45) is 0 Å². The maximum atomic E-state index is 12.1. The molecule has 3 aromatic carbocycles. The van der Waals surface area contributed by atoms with E-state index in [0.29, 0.717) is 11.3 Å². The van der Waals surface area contributed by atoms with Crippen LogP contribution in [0.5, 0.6) is 11.5 Å². The summed E-state index contributed by atoms with van der Waals surface area (Å²) in [7, 11) is 0. The molecule has 0 bridgehead atoms. The van der Waals surface area contributed by atoms with E-state index in [0.717, 1.165) is 11.1 Å². The van der Waals surface area contributed by atoms with Crippen LogP contribution in [0.2, 0.25) is 0 Å². The molecule has 0 atom stereocenters. The van der Waals surface area contributed by atoms with Gasteiger partial charge in [-0.2, -0.15) is 0 Å². The van der Waals surface area contributed by atoms with Crippen molar-refractivity contribution in [1.29, 1.82) is 0 Å². The molecule has 0 spiro atoms. The standard InChI is InChI=1S/C21H16O3/c22-18-12-7-13-19(21(18)17-10-5-2-6-11-17)24-20(23)15-14-16-8-3-1-4-9-16/h1-15,22H/b15-14+. The minimum Gasteiger partial charge on any atom is -0.507 e. The third-order valence-electron chi connectivity index (χ3n) is 3.49. The van der Waals surface area contributed by atoms with Gasteiger partial charge < -0.3 is 9.84 Å². The molecular formula is C21H16O3. The molecule has 0 aromatic heterocycles. The van der Waals surface area contributed by atoms with Crippen LogP contribution in [0.1, 0.15) is 5.56 Å². The van der Waals surface area contributed by atoms with Crippen molar-refractivity contribution in [3.8, 4) is 22.6 Å². The number of phenolic OH excluding ortho intramolecular Hbond substituents is 1. The van der Waals surface area contributed by atoms with Gasteiger partial charge in [0.1, 0.15) is 11.5 Å². The van der Waals surface area contributed by atoms with Gasteiger partial charge in [-0.15, -0.1) is 0 Å². The summed E-state index contributed by atoms with van der Waals surface area (Å²) in [5.74, 6) is -0.107. The molecule has 0 saturated heterocycles. The number of phenols is 1. The second-order valence-electron chi connectivity index (χ2n) is 5.18. The average Bonchev–Trinajstić information content (AvgIpc) is 2.62. The van der Waals surface area contributed by atoms with Gasteiger partial charge in [-0.05, 0) is 29.3 Å². The first kappa shape index (κ1) is 15.6. The van der Waals surface area contributed by atoms with Crippen molar-refractivity contribution < 1.29 is 14.6 Å². The van der Waals surface area contributed by atoms with Gasteiger partial charge in [-0.3, -0.25) is 0 Å². The molecule has 0 aliphatic rings. The molecule has 0 radical (unpaired) electrons. The van der Waals surface area contributed by atoms with E-state index in [4.69, 9.17) is 4.74 Å². The Bertz CT molecular complexity index is 853. The predicted molar refractivity (Wildman–Crippen MR) is 94.7 cm³/mol. The van der Waals surface area contributed by atoms with Crippen LogP contribution in [0.15, 0.2) is 84.9 Å². The van der Waals surface area contributed by atoms with Crippen molar-refractivity contribution in [3.05, 3.63) is 90.5 Å². The lowest BCUT2D eigenvalue weighted by Crippen LogP contribution is -2.04. The van der Waals surface area contributed by atoms with Crippen molar-refractivity contribution in [2.75, 3.05) is 0 Å². The van der Waals surface area contributed by atoms with E-state index in [1.54, 1.807) is 24.3 Å². The number of benzene rings is 3. The summed E-state index contributed by atoms with van der Waals surface area (Å²) < 4.78 is 5.42. The zero-order valence-electron chi connectivity index (χ0n) is 12.9. The fraction of sp³-hybridized carbons (Fsp3) is 0. The molecular weight excluding hydrogens is 300 g/mol. The number of ether oxygens (including phenoxy) is 1. The maximum absolute atomic E-state index is 12.1. The molecule has 0 unspecified atom stereocenters. The highest BCUT2D eigenvalue weighted by molar-refractivity contribution is 5.90. The quantitative estimate of drug-likeness (QED) is 0.432. The molecule has 118 valence electrons. The van der Waals surface area contributed by atoms with Gasteiger partial charge in [-0.25, -0.2) is 4.79 Å². The Morgan fingerprint density at radius 1 is 0.833 bits per heavy atom. The van der Waals surface area contributed by atoms with Gasteiger partial charge in [0.05, 0.1) is 5.56 Å². The molecule has 3 nitrogen and oxygen atoms in total. The fourth-order valence-corrected chi connectivity index (χ4v) is 2.37. The van der Waals surface area contributed by atoms with E-state index in [1.165, 1.54) is 6.08 Å². The molecule has 24 heavy (non-hydrogen) atoms. The Hall–Kier alpha value is -3.33. The van der Waals surface area contributed by atoms with E-state index in [1.807, 2.05) is 60.7 Å². The lowest BCUT2D eigenvalue weighted by molar-refractivity contribution is -0.128. The Balaban J connectivity index is 1.84. The van der Waals surface area contributed by atoms with Gasteiger partial charge in [0.25, 0.3) is 0 Å². The van der Waals surface area contributed by atoms with Crippen LogP contribution in [-0.4, -0.2) is 11.1 Å². The maximum Gasteiger partial charge on any atom is 0.336 e. The predicted octanol–water partition coefficient (Wildman–Crippen LogP) is 4.68. The summed E-state index contributed by atoms with van der Waals surface area (Å²) in [4.78, 5) is 12.1. The number of hydrogen-bond donors (Lipinski definition) is 1. The van der Waals surface area contributed by atoms with Crippen LogP contribution in [0, 0.1) is 0 Å². The molecule has 3 aromatic rings. The number of hydrogen-bond acceptors (Lipinski definition) is 3. The molecule has 1 N–H and O–H groups in total. The van der Waals surface area contributed by atoms with E-state index in [-0.39, 0.29) is 5.75 Å². The van der Waals surface area contributed by atoms with E-state index in [2.05, 4.69) is 0 Å². The summed E-state index contributed by atoms with van der Waals surface area (Å²) >= 11 is 0. The summed E-state index contributed by atoms with van der Waals surface area (Å²) in [6, 6.07) is 23.7. The summed E-state index contributed by atoms with van der Waals surface area (Å²) in [5, 5.41) is 10.2. The van der Waals surface area contributed by atoms with Crippen molar-refractivity contribution in [2.45, 2.75) is 0 Å². The Labute approximate surface area is 140 Å². The lowest BCUT2D eigenvalue weighted by atomic mass is 10.0. The molecule has 0 heterocycles. The van der Waals surface area contributed by atoms with Gasteiger partial charge in [0, 0.05) is 6.08 Å². The molecule has 3 heteroatoms. The molecule has 0 fully saturated rings. The smallest absolute Gasteiger partial charge is 0.336 e. The van der Waals surface area contributed by atoms with Gasteiger partial charge in [0.2, 0.25) is 0 Å². The first-order chi connectivity index (χ1) is 11.7. The monoisotopic (exact) mass is 316 g/mol. The largest absolute Gasteiger partial charge is 0.507 e. The first-order valence-corrected chi connectivity index (χ1v) is 7.56. The second-order valence-corrected chi connectivity index (χ2v) is 5.18. The fourth-order valence-electron chi connectivity index (χ4n) is 2.37. The summed E-state index contributed by atoms with van der Waals surface area (Å²) in [6.45, 7) is 0. The Kier molecular flexibility index (Phi) is 4.73. The number of carbonyl (C=O) groups is 1. The summed E-state index contributed by atoms with van der Waals surface area (Å²) in [6.07, 6.45) is 3.06. The van der Waals surface area contributed by atoms with Crippen molar-refractivity contribution >= 4 is 12.0 Å². The van der Waals surface area contributed by atoms with Gasteiger partial charge in [0.15, 0.2) is 0 Å². The highest BCUT2D eigenvalue weighted by atomic mass is 16.5. The number of rotatable bonds is 4. The van der Waals surface area contributed by atoms with Crippen LogP contribution in [0.4, 0.5) is 0 Å². The third-order valence-corrected chi connectivity index (χ3v) is 3.49. The van der Waals surface area contributed by atoms with Crippen LogP contribution < -0.4 is 4.74 Å². The van der Waals surface area contributed by atoms with Crippen LogP contribution in [-0.2, 0) is 4.79 Å². The highest BCUT2D eigenvalue weighted by Crippen LogP contribution is 2.37. The normalized spacial score (nSPS) is 10.7. The third kappa shape index (κ3) is 3.70. The van der Waals surface area contributed by atoms with Gasteiger partial charge >= 0.3 is 5.97 Å². The summed E-state index contributed by atoms with van der Waals surface area (Å²) in [5.41, 5.74) is 2.19. The van der Waals surface area contributed by atoms with Crippen LogP contribution in [0.25, 0.3) is 17.2 Å². The van der Waals surface area contributed by atoms with Crippen LogP contribution >= 0.6 is 0 Å². The lowest BCUT2D eigenvalue weighted by Gasteiger charge is -2.11. The number of aromatic hydroxyl groups is 1. The molecule has 3 rings (SSSR count). The molecule has 0 amide bonds.